The molecule has 0 aliphatic carbocycles. The molecule has 0 saturated heterocycles. The number of aryl methyl sites for hydroxylation is 3. The lowest BCUT2D eigenvalue weighted by Gasteiger charge is -2.04. The molecule has 0 aliphatic heterocycles. The Balaban J connectivity index is 2.07. The Morgan fingerprint density at radius 2 is 1.95 bits per heavy atom. The van der Waals surface area contributed by atoms with Crippen LogP contribution in [-0.4, -0.2) is 24.8 Å². The summed E-state index contributed by atoms with van der Waals surface area (Å²) in [5.41, 5.74) is 2.23. The summed E-state index contributed by atoms with van der Waals surface area (Å²) in [7, 11) is 1.64. The van der Waals surface area contributed by atoms with Crippen molar-refractivity contribution in [2.24, 2.45) is 0 Å². The first kappa shape index (κ1) is 15.1. The van der Waals surface area contributed by atoms with Gasteiger partial charge in [-0.3, -0.25) is 0 Å². The van der Waals surface area contributed by atoms with E-state index in [1.165, 1.54) is 0 Å². The summed E-state index contributed by atoms with van der Waals surface area (Å²) in [6.45, 7) is 3.83. The lowest BCUT2D eigenvalue weighted by Crippen LogP contribution is -2.08. The predicted octanol–water partition coefficient (Wildman–Crippen LogP) is 2.95. The molecule has 0 spiro atoms. The van der Waals surface area contributed by atoms with E-state index < -0.39 is 0 Å². The van der Waals surface area contributed by atoms with E-state index in [4.69, 9.17) is 14.0 Å². The second-order valence-electron chi connectivity index (χ2n) is 4.63. The normalized spacial score (nSPS) is 10.4. The minimum atomic E-state index is -0.374. The summed E-state index contributed by atoms with van der Waals surface area (Å²) < 4.78 is 15.3. The number of nitrogens with zero attached hydrogens (tertiary/aromatic N) is 1. The Morgan fingerprint density at radius 1 is 1.24 bits per heavy atom. The third-order valence-electron chi connectivity index (χ3n) is 3.22. The summed E-state index contributed by atoms with van der Waals surface area (Å²) in [4.78, 5) is 11.9. The zero-order chi connectivity index (χ0) is 15.2. The molecular formula is C16H19NO4. The van der Waals surface area contributed by atoms with Crippen LogP contribution in [0.15, 0.2) is 28.8 Å². The van der Waals surface area contributed by atoms with Gasteiger partial charge < -0.3 is 14.0 Å². The van der Waals surface area contributed by atoms with Gasteiger partial charge in [-0.2, -0.15) is 0 Å². The van der Waals surface area contributed by atoms with Crippen molar-refractivity contribution in [3.8, 4) is 5.75 Å². The van der Waals surface area contributed by atoms with Crippen LogP contribution in [0.5, 0.6) is 5.75 Å². The molecule has 0 unspecified atom stereocenters. The van der Waals surface area contributed by atoms with Gasteiger partial charge in [-0.05, 0) is 44.4 Å². The van der Waals surface area contributed by atoms with Crippen molar-refractivity contribution >= 4 is 5.97 Å². The molecular weight excluding hydrogens is 270 g/mol. The molecule has 5 nitrogen and oxygen atoms in total. The van der Waals surface area contributed by atoms with Crippen molar-refractivity contribution < 1.29 is 18.8 Å². The molecule has 0 radical (unpaired) electrons. The van der Waals surface area contributed by atoms with Crippen LogP contribution in [0.3, 0.4) is 0 Å². The second kappa shape index (κ2) is 6.92. The van der Waals surface area contributed by atoms with Crippen LogP contribution in [0.2, 0.25) is 0 Å². The molecule has 0 aliphatic rings. The van der Waals surface area contributed by atoms with Crippen LogP contribution < -0.4 is 4.74 Å². The maximum atomic E-state index is 11.9. The Morgan fingerprint density at radius 3 is 2.57 bits per heavy atom. The lowest BCUT2D eigenvalue weighted by atomic mass is 10.0. The lowest BCUT2D eigenvalue weighted by molar-refractivity contribution is 0.0523. The highest BCUT2D eigenvalue weighted by Crippen LogP contribution is 2.18. The van der Waals surface area contributed by atoms with Crippen molar-refractivity contribution in [2.75, 3.05) is 13.7 Å². The first-order chi connectivity index (χ1) is 10.2. The highest BCUT2D eigenvalue weighted by Gasteiger charge is 2.21. The summed E-state index contributed by atoms with van der Waals surface area (Å²) in [5.74, 6) is 0.947. The number of aromatic nitrogens is 1. The summed E-state index contributed by atoms with van der Waals surface area (Å²) in [5, 5.41) is 3.97. The van der Waals surface area contributed by atoms with Gasteiger partial charge in [0.1, 0.15) is 17.1 Å². The second-order valence-corrected chi connectivity index (χ2v) is 4.63. The van der Waals surface area contributed by atoms with Crippen LogP contribution in [-0.2, 0) is 17.6 Å². The van der Waals surface area contributed by atoms with Crippen molar-refractivity contribution in [3.63, 3.8) is 0 Å². The summed E-state index contributed by atoms with van der Waals surface area (Å²) in [6.07, 6.45) is 1.39. The van der Waals surface area contributed by atoms with E-state index in [0.29, 0.717) is 30.0 Å². The van der Waals surface area contributed by atoms with Crippen LogP contribution in [0.4, 0.5) is 0 Å². The number of carbonyl (C=O) groups excluding carboxylic acids is 1. The largest absolute Gasteiger partial charge is 0.497 e. The van der Waals surface area contributed by atoms with E-state index in [0.717, 1.165) is 17.7 Å². The van der Waals surface area contributed by atoms with Gasteiger partial charge in [0.15, 0.2) is 0 Å². The molecule has 0 fully saturated rings. The van der Waals surface area contributed by atoms with Gasteiger partial charge in [0.2, 0.25) is 0 Å². The van der Waals surface area contributed by atoms with Gasteiger partial charge in [0.25, 0.3) is 0 Å². The fourth-order valence-electron chi connectivity index (χ4n) is 2.11. The first-order valence-electron chi connectivity index (χ1n) is 6.91. The fourth-order valence-corrected chi connectivity index (χ4v) is 2.11. The zero-order valence-corrected chi connectivity index (χ0v) is 12.5. The van der Waals surface area contributed by atoms with Crippen LogP contribution in [0, 0.1) is 6.92 Å². The van der Waals surface area contributed by atoms with E-state index >= 15 is 0 Å². The molecule has 0 saturated carbocycles. The highest BCUT2D eigenvalue weighted by atomic mass is 16.5. The molecule has 2 rings (SSSR count). The minimum Gasteiger partial charge on any atom is -0.497 e. The van der Waals surface area contributed by atoms with Crippen molar-refractivity contribution in [3.05, 3.63) is 46.8 Å². The van der Waals surface area contributed by atoms with Gasteiger partial charge in [-0.1, -0.05) is 17.3 Å². The average molecular weight is 289 g/mol. The Bertz CT molecular complexity index is 601. The Hall–Kier alpha value is -2.30. The Labute approximate surface area is 123 Å². The van der Waals surface area contributed by atoms with Gasteiger partial charge in [0.05, 0.1) is 19.4 Å². The van der Waals surface area contributed by atoms with E-state index in [2.05, 4.69) is 5.16 Å². The Kier molecular flexibility index (Phi) is 4.98. The molecule has 0 amide bonds. The molecule has 1 heterocycles. The summed E-state index contributed by atoms with van der Waals surface area (Å²) >= 11 is 0. The SMILES string of the molecule is CCOC(=O)c1c(CCc2ccc(OC)cc2)noc1C. The van der Waals surface area contributed by atoms with Gasteiger partial charge >= 0.3 is 5.97 Å². The topological polar surface area (TPSA) is 61.6 Å². The van der Waals surface area contributed by atoms with E-state index in [1.807, 2.05) is 24.3 Å². The summed E-state index contributed by atoms with van der Waals surface area (Å²) in [6, 6.07) is 7.82. The number of esters is 1. The predicted molar refractivity (Wildman–Crippen MR) is 77.6 cm³/mol. The van der Waals surface area contributed by atoms with Crippen molar-refractivity contribution in [1.82, 2.24) is 5.16 Å². The smallest absolute Gasteiger partial charge is 0.343 e. The molecule has 0 N–H and O–H groups in total. The number of hydrogen-bond donors (Lipinski definition) is 0. The van der Waals surface area contributed by atoms with E-state index in [1.54, 1.807) is 21.0 Å². The molecule has 5 heteroatoms. The van der Waals surface area contributed by atoms with Gasteiger partial charge in [-0.25, -0.2) is 4.79 Å². The highest BCUT2D eigenvalue weighted by molar-refractivity contribution is 5.91. The molecule has 112 valence electrons. The maximum absolute atomic E-state index is 11.9. The molecule has 1 aromatic carbocycles. The van der Waals surface area contributed by atoms with Gasteiger partial charge in [-0.15, -0.1) is 0 Å². The standard InChI is InChI=1S/C16H19NO4/c1-4-20-16(18)15-11(2)21-17-14(15)10-7-12-5-8-13(19-3)9-6-12/h5-6,8-9H,4,7,10H2,1-3H3. The molecule has 0 atom stereocenters. The maximum Gasteiger partial charge on any atom is 0.343 e. The van der Waals surface area contributed by atoms with Crippen LogP contribution >= 0.6 is 0 Å². The molecule has 21 heavy (non-hydrogen) atoms. The number of carbonyl (C=O) groups is 1. The van der Waals surface area contributed by atoms with Crippen molar-refractivity contribution in [1.29, 1.82) is 0 Å². The molecule has 0 bridgehead atoms. The zero-order valence-electron chi connectivity index (χ0n) is 12.5. The van der Waals surface area contributed by atoms with Crippen LogP contribution in [0.25, 0.3) is 0 Å². The number of rotatable bonds is 6. The van der Waals surface area contributed by atoms with Crippen molar-refractivity contribution in [2.45, 2.75) is 26.7 Å². The monoisotopic (exact) mass is 289 g/mol. The first-order valence-corrected chi connectivity index (χ1v) is 6.91. The quantitative estimate of drug-likeness (QED) is 0.765. The third kappa shape index (κ3) is 3.62. The number of methoxy groups -OCH3 is 1. The fraction of sp³-hybridized carbons (Fsp3) is 0.375. The number of ether oxygens (including phenoxy) is 2. The van der Waals surface area contributed by atoms with Crippen LogP contribution in [0.1, 0.15) is 34.3 Å². The van der Waals surface area contributed by atoms with E-state index in [9.17, 15) is 4.79 Å². The number of hydrogen-bond acceptors (Lipinski definition) is 5. The van der Waals surface area contributed by atoms with Gasteiger partial charge in [0, 0.05) is 0 Å². The number of benzene rings is 1. The molecule has 2 aromatic rings. The third-order valence-corrected chi connectivity index (χ3v) is 3.22. The minimum absolute atomic E-state index is 0.335. The average Bonchev–Trinajstić information content (AvgIpc) is 2.87. The molecule has 1 aromatic heterocycles. The van der Waals surface area contributed by atoms with E-state index in [-0.39, 0.29) is 5.97 Å².